The molecule has 11 nitrogen and oxygen atoms in total. The van der Waals surface area contributed by atoms with Crippen molar-refractivity contribution >= 4 is 28.4 Å². The van der Waals surface area contributed by atoms with E-state index >= 15 is 0 Å². The Morgan fingerprint density at radius 3 is 2.63 bits per heavy atom. The van der Waals surface area contributed by atoms with E-state index in [1.165, 1.54) is 0 Å². The summed E-state index contributed by atoms with van der Waals surface area (Å²) in [5.74, 6) is 3.28. The molecule has 1 aromatic carbocycles. The van der Waals surface area contributed by atoms with Crippen molar-refractivity contribution in [3.63, 3.8) is 0 Å². The molecule has 2 fully saturated rings. The molecule has 11 heteroatoms. The number of aromatic nitrogens is 3. The lowest BCUT2D eigenvalue weighted by molar-refractivity contribution is 0.0357. The maximum Gasteiger partial charge on any atom is 0.275 e. The number of pyridine rings is 3. The number of hydrogen-bond acceptors (Lipinski definition) is 10. The second-order valence-electron chi connectivity index (χ2n) is 10.5. The summed E-state index contributed by atoms with van der Waals surface area (Å²) in [5.41, 5.74) is 1.08. The lowest BCUT2D eigenvalue weighted by atomic mass is 10.2. The number of nitrogens with zero attached hydrogens (tertiary/aromatic N) is 5. The van der Waals surface area contributed by atoms with Crippen LogP contribution >= 0.6 is 0 Å². The van der Waals surface area contributed by atoms with Gasteiger partial charge < -0.3 is 29.2 Å². The fourth-order valence-corrected chi connectivity index (χ4v) is 5.28. The number of morpholine rings is 1. The van der Waals surface area contributed by atoms with Gasteiger partial charge in [-0.3, -0.25) is 14.7 Å². The van der Waals surface area contributed by atoms with Crippen LogP contribution in [0.3, 0.4) is 0 Å². The van der Waals surface area contributed by atoms with Gasteiger partial charge in [-0.25, -0.2) is 9.97 Å². The highest BCUT2D eigenvalue weighted by Gasteiger charge is 2.17. The van der Waals surface area contributed by atoms with Gasteiger partial charge in [-0.2, -0.15) is 0 Å². The van der Waals surface area contributed by atoms with Crippen LogP contribution in [0.2, 0.25) is 0 Å². The minimum atomic E-state index is -0.312. The van der Waals surface area contributed by atoms with Crippen LogP contribution in [0.1, 0.15) is 29.8 Å². The SMILES string of the molecule is COc1cc2c(Oc3ccc(NC(=O)c4cccc(N5CCCC5)n4)nc3)ccnc2cc1OCCCN1CCOCC1. The lowest BCUT2D eigenvalue weighted by Gasteiger charge is -2.26. The Labute approximate surface area is 250 Å². The first-order chi connectivity index (χ1) is 21.2. The molecule has 43 heavy (non-hydrogen) atoms. The summed E-state index contributed by atoms with van der Waals surface area (Å²) in [6.45, 7) is 6.97. The number of rotatable bonds is 11. The number of methoxy groups -OCH3 is 1. The summed E-state index contributed by atoms with van der Waals surface area (Å²) in [7, 11) is 1.62. The van der Waals surface area contributed by atoms with E-state index in [1.54, 1.807) is 43.8 Å². The monoisotopic (exact) mass is 584 g/mol. The Balaban J connectivity index is 1.09. The van der Waals surface area contributed by atoms with Crippen LogP contribution in [-0.2, 0) is 4.74 Å². The highest BCUT2D eigenvalue weighted by molar-refractivity contribution is 6.02. The van der Waals surface area contributed by atoms with Crippen molar-refractivity contribution in [3.8, 4) is 23.0 Å². The van der Waals surface area contributed by atoms with Crippen LogP contribution in [0.25, 0.3) is 10.9 Å². The summed E-state index contributed by atoms with van der Waals surface area (Å²) < 4.78 is 23.3. The van der Waals surface area contributed by atoms with Crippen LogP contribution in [0, 0.1) is 0 Å². The molecule has 0 bridgehead atoms. The number of carbonyl (C=O) groups is 1. The molecule has 0 aliphatic carbocycles. The second-order valence-corrected chi connectivity index (χ2v) is 10.5. The quantitative estimate of drug-likeness (QED) is 0.247. The number of benzene rings is 1. The van der Waals surface area contributed by atoms with Gasteiger partial charge in [-0.1, -0.05) is 6.07 Å². The molecule has 1 N–H and O–H groups in total. The Bertz CT molecular complexity index is 1540. The van der Waals surface area contributed by atoms with Crippen LogP contribution < -0.4 is 24.4 Å². The van der Waals surface area contributed by atoms with Crippen LogP contribution in [0.5, 0.6) is 23.0 Å². The first kappa shape index (κ1) is 28.6. The van der Waals surface area contributed by atoms with Crippen LogP contribution in [-0.4, -0.2) is 85.4 Å². The minimum Gasteiger partial charge on any atom is -0.493 e. The fraction of sp³-hybridized carbons (Fsp3) is 0.375. The average Bonchev–Trinajstić information content (AvgIpc) is 3.60. The van der Waals surface area contributed by atoms with Crippen molar-refractivity contribution in [2.45, 2.75) is 19.3 Å². The van der Waals surface area contributed by atoms with E-state index in [0.717, 1.165) is 81.9 Å². The third kappa shape index (κ3) is 7.12. The molecule has 0 spiro atoms. The molecule has 3 aromatic heterocycles. The lowest BCUT2D eigenvalue weighted by Crippen LogP contribution is -2.37. The number of nitrogens with one attached hydrogen (secondary N) is 1. The molecule has 2 saturated heterocycles. The molecular weight excluding hydrogens is 548 g/mol. The van der Waals surface area contributed by atoms with E-state index in [4.69, 9.17) is 18.9 Å². The van der Waals surface area contributed by atoms with Gasteiger partial charge in [0.15, 0.2) is 11.5 Å². The van der Waals surface area contributed by atoms with Crippen LogP contribution in [0.15, 0.2) is 60.9 Å². The van der Waals surface area contributed by atoms with Gasteiger partial charge in [0.2, 0.25) is 0 Å². The van der Waals surface area contributed by atoms with Crippen molar-refractivity contribution in [1.82, 2.24) is 19.9 Å². The first-order valence-electron chi connectivity index (χ1n) is 14.7. The first-order valence-corrected chi connectivity index (χ1v) is 14.7. The third-order valence-corrected chi connectivity index (χ3v) is 7.57. The zero-order chi connectivity index (χ0) is 29.4. The molecule has 2 aliphatic heterocycles. The normalized spacial score (nSPS) is 15.4. The Morgan fingerprint density at radius 1 is 0.977 bits per heavy atom. The largest absolute Gasteiger partial charge is 0.493 e. The molecule has 0 saturated carbocycles. The third-order valence-electron chi connectivity index (χ3n) is 7.57. The number of amides is 1. The number of hydrogen-bond donors (Lipinski definition) is 1. The summed E-state index contributed by atoms with van der Waals surface area (Å²) in [4.78, 5) is 30.9. The highest BCUT2D eigenvalue weighted by atomic mass is 16.5. The van der Waals surface area contributed by atoms with Gasteiger partial charge in [-0.05, 0) is 55.7 Å². The Kier molecular flexibility index (Phi) is 9.10. The molecule has 4 aromatic rings. The molecule has 5 heterocycles. The smallest absolute Gasteiger partial charge is 0.275 e. The molecule has 0 unspecified atom stereocenters. The van der Waals surface area contributed by atoms with E-state index in [1.807, 2.05) is 24.3 Å². The predicted octanol–water partition coefficient (Wildman–Crippen LogP) is 4.78. The summed E-state index contributed by atoms with van der Waals surface area (Å²) in [5, 5.41) is 3.60. The fourth-order valence-electron chi connectivity index (χ4n) is 5.28. The van der Waals surface area contributed by atoms with Gasteiger partial charge in [0.05, 0.1) is 38.6 Å². The van der Waals surface area contributed by atoms with Gasteiger partial charge in [-0.15, -0.1) is 0 Å². The zero-order valence-electron chi connectivity index (χ0n) is 24.3. The summed E-state index contributed by atoms with van der Waals surface area (Å²) in [6.07, 6.45) is 6.45. The number of carbonyl (C=O) groups excluding carboxylic acids is 1. The highest BCUT2D eigenvalue weighted by Crippen LogP contribution is 2.37. The van der Waals surface area contributed by atoms with E-state index in [0.29, 0.717) is 41.1 Å². The molecule has 6 rings (SSSR count). The molecular formula is C32H36N6O5. The standard InChI is InChI=1S/C32H36N6O5/c1-40-28-20-24-26(21-29(28)42-17-5-12-37-15-18-41-19-16-37)33-11-10-27(24)43-23-8-9-30(34-22-23)36-32(39)25-6-4-7-31(35-25)38-13-2-3-14-38/h4,6-11,20-22H,2-3,5,12-19H2,1H3,(H,34,36,39). The van der Waals surface area contributed by atoms with Crippen molar-refractivity contribution in [1.29, 1.82) is 0 Å². The Morgan fingerprint density at radius 2 is 1.84 bits per heavy atom. The molecule has 0 radical (unpaired) electrons. The van der Waals surface area contributed by atoms with Crippen molar-refractivity contribution in [2.24, 2.45) is 0 Å². The van der Waals surface area contributed by atoms with E-state index < -0.39 is 0 Å². The number of anilines is 2. The number of fused-ring (bicyclic) bond motifs is 1. The molecule has 1 amide bonds. The van der Waals surface area contributed by atoms with Crippen molar-refractivity contribution in [3.05, 3.63) is 66.6 Å². The topological polar surface area (TPSA) is 111 Å². The average molecular weight is 585 g/mol. The maximum atomic E-state index is 12.8. The van der Waals surface area contributed by atoms with Gasteiger partial charge in [0.1, 0.15) is 28.8 Å². The predicted molar refractivity (Wildman–Crippen MR) is 164 cm³/mol. The Hall–Kier alpha value is -4.48. The van der Waals surface area contributed by atoms with Gasteiger partial charge in [0, 0.05) is 50.4 Å². The maximum absolute atomic E-state index is 12.8. The molecule has 2 aliphatic rings. The minimum absolute atomic E-state index is 0.312. The van der Waals surface area contributed by atoms with E-state index in [2.05, 4.69) is 30.1 Å². The van der Waals surface area contributed by atoms with Crippen LogP contribution in [0.4, 0.5) is 11.6 Å². The zero-order valence-corrected chi connectivity index (χ0v) is 24.3. The second kappa shape index (κ2) is 13.7. The molecule has 224 valence electrons. The van der Waals surface area contributed by atoms with E-state index in [9.17, 15) is 4.79 Å². The van der Waals surface area contributed by atoms with Gasteiger partial charge in [0.25, 0.3) is 5.91 Å². The molecule has 0 atom stereocenters. The van der Waals surface area contributed by atoms with Crippen molar-refractivity contribution < 1.29 is 23.7 Å². The van der Waals surface area contributed by atoms with E-state index in [-0.39, 0.29) is 5.91 Å². The number of ether oxygens (including phenoxy) is 4. The van der Waals surface area contributed by atoms with Crippen molar-refractivity contribution in [2.75, 3.05) is 69.9 Å². The summed E-state index contributed by atoms with van der Waals surface area (Å²) in [6, 6.07) is 14.5. The summed E-state index contributed by atoms with van der Waals surface area (Å²) >= 11 is 0. The van der Waals surface area contributed by atoms with Gasteiger partial charge >= 0.3 is 0 Å².